The minimum atomic E-state index is 0.0916. The van der Waals surface area contributed by atoms with Gasteiger partial charge in [-0.1, -0.05) is 19.1 Å². The van der Waals surface area contributed by atoms with E-state index in [1.54, 1.807) is 13.3 Å². The normalized spacial score (nSPS) is 18.5. The van der Waals surface area contributed by atoms with Crippen LogP contribution < -0.4 is 0 Å². The second-order valence-electron chi connectivity index (χ2n) is 6.29. The number of carbonyl (C=O) groups is 1. The van der Waals surface area contributed by atoms with Gasteiger partial charge in [-0.3, -0.25) is 9.69 Å². The van der Waals surface area contributed by atoms with Gasteiger partial charge in [-0.05, 0) is 18.6 Å². The molecule has 1 atom stereocenters. The lowest BCUT2D eigenvalue weighted by atomic mass is 10.1. The van der Waals surface area contributed by atoms with Gasteiger partial charge in [0.15, 0.2) is 12.2 Å². The van der Waals surface area contributed by atoms with Crippen molar-refractivity contribution in [3.63, 3.8) is 0 Å². The molecule has 0 spiro atoms. The van der Waals surface area contributed by atoms with Gasteiger partial charge in [-0.15, -0.1) is 0 Å². The van der Waals surface area contributed by atoms with Gasteiger partial charge in [0, 0.05) is 50.5 Å². The van der Waals surface area contributed by atoms with Gasteiger partial charge < -0.3 is 14.1 Å². The van der Waals surface area contributed by atoms with Crippen LogP contribution in [0.2, 0.25) is 0 Å². The van der Waals surface area contributed by atoms with E-state index in [9.17, 15) is 4.79 Å². The van der Waals surface area contributed by atoms with Gasteiger partial charge in [0.05, 0.1) is 12.8 Å². The van der Waals surface area contributed by atoms with Crippen molar-refractivity contribution in [1.82, 2.24) is 14.8 Å². The largest absolute Gasteiger partial charge is 0.444 e. The fourth-order valence-electron chi connectivity index (χ4n) is 3.29. The van der Waals surface area contributed by atoms with E-state index < -0.39 is 0 Å². The summed E-state index contributed by atoms with van der Waals surface area (Å²) in [6, 6.07) is 7.91. The number of oxazole rings is 1. The highest BCUT2D eigenvalue weighted by Gasteiger charge is 2.28. The molecular formula is C19H25N3O3. The third kappa shape index (κ3) is 4.08. The summed E-state index contributed by atoms with van der Waals surface area (Å²) in [7, 11) is 1.73. The van der Waals surface area contributed by atoms with E-state index in [1.807, 2.05) is 29.2 Å². The zero-order valence-corrected chi connectivity index (χ0v) is 14.9. The number of benzene rings is 1. The molecule has 1 aliphatic heterocycles. The quantitative estimate of drug-likeness (QED) is 0.807. The first-order valence-electron chi connectivity index (χ1n) is 8.74. The van der Waals surface area contributed by atoms with Gasteiger partial charge in [-0.25, -0.2) is 4.98 Å². The summed E-state index contributed by atoms with van der Waals surface area (Å²) in [5.41, 5.74) is 1.63. The van der Waals surface area contributed by atoms with Gasteiger partial charge >= 0.3 is 0 Å². The van der Waals surface area contributed by atoms with Crippen LogP contribution in [-0.2, 0) is 4.74 Å². The molecule has 1 saturated heterocycles. The van der Waals surface area contributed by atoms with E-state index in [-0.39, 0.29) is 5.91 Å². The molecule has 1 fully saturated rings. The molecule has 0 saturated carbocycles. The Morgan fingerprint density at radius 2 is 2.12 bits per heavy atom. The highest BCUT2D eigenvalue weighted by molar-refractivity contribution is 5.94. The van der Waals surface area contributed by atoms with Crippen molar-refractivity contribution >= 4 is 5.91 Å². The van der Waals surface area contributed by atoms with Crippen molar-refractivity contribution in [3.05, 3.63) is 42.4 Å². The molecule has 3 rings (SSSR count). The summed E-state index contributed by atoms with van der Waals surface area (Å²) in [5, 5.41) is 0. The smallest absolute Gasteiger partial charge is 0.253 e. The third-order valence-electron chi connectivity index (χ3n) is 4.79. The number of rotatable bonds is 6. The van der Waals surface area contributed by atoms with E-state index in [2.05, 4.69) is 16.8 Å². The van der Waals surface area contributed by atoms with Gasteiger partial charge in [0.2, 0.25) is 0 Å². The Morgan fingerprint density at radius 1 is 1.32 bits per heavy atom. The summed E-state index contributed by atoms with van der Waals surface area (Å²) >= 11 is 0. The van der Waals surface area contributed by atoms with Crippen LogP contribution in [0.3, 0.4) is 0 Å². The minimum absolute atomic E-state index is 0.0916. The van der Waals surface area contributed by atoms with Crippen molar-refractivity contribution in [2.24, 2.45) is 0 Å². The van der Waals surface area contributed by atoms with Crippen molar-refractivity contribution in [3.8, 4) is 11.3 Å². The topological polar surface area (TPSA) is 58.8 Å². The molecule has 6 heteroatoms. The highest BCUT2D eigenvalue weighted by Crippen LogP contribution is 2.21. The van der Waals surface area contributed by atoms with Crippen LogP contribution in [0.5, 0.6) is 0 Å². The molecule has 0 N–H and O–H groups in total. The van der Waals surface area contributed by atoms with Gasteiger partial charge in [0.1, 0.15) is 0 Å². The number of methoxy groups -OCH3 is 1. The van der Waals surface area contributed by atoms with Crippen LogP contribution in [0.25, 0.3) is 11.3 Å². The van der Waals surface area contributed by atoms with E-state index in [1.165, 1.54) is 6.39 Å². The van der Waals surface area contributed by atoms with Crippen LogP contribution in [0.1, 0.15) is 23.7 Å². The predicted molar refractivity (Wildman–Crippen MR) is 95.4 cm³/mol. The monoisotopic (exact) mass is 343 g/mol. The van der Waals surface area contributed by atoms with Crippen molar-refractivity contribution in [2.75, 3.05) is 39.9 Å². The molecule has 2 aromatic rings. The van der Waals surface area contributed by atoms with Crippen molar-refractivity contribution < 1.29 is 13.9 Å². The average Bonchev–Trinajstić information content (AvgIpc) is 3.20. The number of carbonyl (C=O) groups excluding carboxylic acids is 1. The number of ether oxygens (including phenoxy) is 1. The summed E-state index contributed by atoms with van der Waals surface area (Å²) in [6.45, 7) is 6.23. The molecule has 25 heavy (non-hydrogen) atoms. The molecular weight excluding hydrogens is 318 g/mol. The molecule has 134 valence electrons. The molecule has 1 aromatic carbocycles. The Kier molecular flexibility index (Phi) is 5.83. The highest BCUT2D eigenvalue weighted by atomic mass is 16.5. The lowest BCUT2D eigenvalue weighted by Gasteiger charge is -2.41. The summed E-state index contributed by atoms with van der Waals surface area (Å²) in [4.78, 5) is 21.1. The molecule has 1 aromatic heterocycles. The first-order chi connectivity index (χ1) is 12.2. The Labute approximate surface area is 148 Å². The van der Waals surface area contributed by atoms with E-state index in [0.717, 1.165) is 44.8 Å². The molecule has 1 unspecified atom stereocenters. The van der Waals surface area contributed by atoms with Crippen LogP contribution in [-0.4, -0.2) is 66.6 Å². The minimum Gasteiger partial charge on any atom is -0.444 e. The van der Waals surface area contributed by atoms with Crippen LogP contribution in [0.15, 0.2) is 41.3 Å². The summed E-state index contributed by atoms with van der Waals surface area (Å²) in [5.74, 6) is 0.797. The molecule has 0 aliphatic carbocycles. The number of nitrogens with zero attached hydrogens (tertiary/aromatic N) is 3. The fraction of sp³-hybridized carbons (Fsp3) is 0.474. The van der Waals surface area contributed by atoms with E-state index in [0.29, 0.717) is 17.4 Å². The Hall–Kier alpha value is -2.18. The fourth-order valence-corrected chi connectivity index (χ4v) is 3.29. The third-order valence-corrected chi connectivity index (χ3v) is 4.79. The lowest BCUT2D eigenvalue weighted by Crippen LogP contribution is -2.55. The molecule has 2 heterocycles. The Morgan fingerprint density at radius 3 is 2.76 bits per heavy atom. The first-order valence-corrected chi connectivity index (χ1v) is 8.74. The SMILES string of the molecule is CCC1CN(C(=O)c2ccc(-c3cnco3)cc2)CCN1CCOC. The number of amides is 1. The molecule has 1 aliphatic rings. The Balaban J connectivity index is 1.65. The number of aromatic nitrogens is 1. The summed E-state index contributed by atoms with van der Waals surface area (Å²) < 4.78 is 10.5. The number of piperazine rings is 1. The lowest BCUT2D eigenvalue weighted by molar-refractivity contribution is 0.0384. The summed E-state index contributed by atoms with van der Waals surface area (Å²) in [6.07, 6.45) is 4.10. The standard InChI is InChI=1S/C19H25N3O3/c1-3-17-13-22(9-8-21(17)10-11-24-2)19(23)16-6-4-15(5-7-16)18-12-20-14-25-18/h4-7,12,14,17H,3,8-11,13H2,1-2H3. The zero-order chi connectivity index (χ0) is 17.6. The second-order valence-corrected chi connectivity index (χ2v) is 6.29. The van der Waals surface area contributed by atoms with Gasteiger partial charge in [0.25, 0.3) is 5.91 Å². The maximum Gasteiger partial charge on any atom is 0.253 e. The molecule has 6 nitrogen and oxygen atoms in total. The number of hydrogen-bond donors (Lipinski definition) is 0. The second kappa shape index (κ2) is 8.27. The Bertz CT molecular complexity index is 670. The maximum atomic E-state index is 12.8. The molecule has 1 amide bonds. The van der Waals surface area contributed by atoms with Crippen molar-refractivity contribution in [2.45, 2.75) is 19.4 Å². The van der Waals surface area contributed by atoms with Crippen molar-refractivity contribution in [1.29, 1.82) is 0 Å². The molecule has 0 bridgehead atoms. The van der Waals surface area contributed by atoms with E-state index in [4.69, 9.17) is 9.15 Å². The molecule has 0 radical (unpaired) electrons. The first kappa shape index (κ1) is 17.6. The van der Waals surface area contributed by atoms with E-state index >= 15 is 0 Å². The van der Waals surface area contributed by atoms with Gasteiger partial charge in [-0.2, -0.15) is 0 Å². The predicted octanol–water partition coefficient (Wildman–Crippen LogP) is 2.52. The van der Waals surface area contributed by atoms with Crippen LogP contribution in [0, 0.1) is 0 Å². The number of hydrogen-bond acceptors (Lipinski definition) is 5. The average molecular weight is 343 g/mol. The maximum absolute atomic E-state index is 12.8. The van der Waals surface area contributed by atoms with Crippen LogP contribution in [0.4, 0.5) is 0 Å². The van der Waals surface area contributed by atoms with Crippen LogP contribution >= 0.6 is 0 Å². The zero-order valence-electron chi connectivity index (χ0n) is 14.9.